The summed E-state index contributed by atoms with van der Waals surface area (Å²) in [7, 11) is 1.60. The number of carbonyl (C=O) groups excluding carboxylic acids is 1. The second kappa shape index (κ2) is 11.3. The maximum atomic E-state index is 13.5. The molecule has 1 aliphatic heterocycles. The fourth-order valence-electron chi connectivity index (χ4n) is 4.84. The van der Waals surface area contributed by atoms with E-state index in [-0.39, 0.29) is 12.1 Å². The highest BCUT2D eigenvalue weighted by Gasteiger charge is 2.36. The number of hydrogen-bond donors (Lipinski definition) is 1. The minimum atomic E-state index is -0.541. The van der Waals surface area contributed by atoms with Crippen LogP contribution < -0.4 is 14.8 Å². The highest BCUT2D eigenvalue weighted by molar-refractivity contribution is 9.10. The van der Waals surface area contributed by atoms with Crippen LogP contribution in [-0.4, -0.2) is 33.9 Å². The zero-order valence-electron chi connectivity index (χ0n) is 20.7. The molecule has 37 heavy (non-hydrogen) atoms. The summed E-state index contributed by atoms with van der Waals surface area (Å²) in [4.78, 5) is 17.9. The Labute approximate surface area is 232 Å². The third-order valence-electron chi connectivity index (χ3n) is 6.70. The minimum absolute atomic E-state index is 0.0602. The van der Waals surface area contributed by atoms with Crippen molar-refractivity contribution >= 4 is 43.8 Å². The third-order valence-corrected chi connectivity index (χ3v) is 7.82. The molecule has 0 spiro atoms. The van der Waals surface area contributed by atoms with Crippen LogP contribution in [-0.2, 0) is 16.1 Å². The molecule has 5 rings (SSSR count). The largest absolute Gasteiger partial charge is 0.493 e. The van der Waals surface area contributed by atoms with Crippen molar-refractivity contribution < 1.29 is 19.0 Å². The van der Waals surface area contributed by atoms with Crippen LogP contribution >= 0.6 is 31.9 Å². The molecule has 2 aromatic carbocycles. The molecule has 194 valence electrons. The minimum Gasteiger partial charge on any atom is -0.493 e. The summed E-state index contributed by atoms with van der Waals surface area (Å²) < 4.78 is 21.3. The van der Waals surface area contributed by atoms with Crippen LogP contribution in [0.1, 0.15) is 56.2 Å². The Kier molecular flexibility index (Phi) is 7.85. The van der Waals surface area contributed by atoms with E-state index in [1.54, 1.807) is 11.8 Å². The third kappa shape index (κ3) is 5.55. The van der Waals surface area contributed by atoms with E-state index >= 15 is 0 Å². The Hall–Kier alpha value is -2.85. The van der Waals surface area contributed by atoms with Crippen LogP contribution in [0.4, 0.5) is 5.95 Å². The zero-order valence-corrected chi connectivity index (χ0v) is 23.8. The molecule has 1 fully saturated rings. The van der Waals surface area contributed by atoms with Gasteiger partial charge in [0.1, 0.15) is 25.1 Å². The molecule has 1 saturated carbocycles. The molecule has 0 saturated heterocycles. The summed E-state index contributed by atoms with van der Waals surface area (Å²) in [6.07, 6.45) is 6.55. The summed E-state index contributed by atoms with van der Waals surface area (Å²) in [5.41, 5.74) is 3.01. The molecule has 1 unspecified atom stereocenters. The maximum Gasteiger partial charge on any atom is 0.338 e. The predicted molar refractivity (Wildman–Crippen MR) is 147 cm³/mol. The molecule has 1 aliphatic carbocycles. The van der Waals surface area contributed by atoms with Gasteiger partial charge in [0.15, 0.2) is 11.5 Å². The molecule has 1 aromatic heterocycles. The summed E-state index contributed by atoms with van der Waals surface area (Å²) in [5, 5.41) is 7.63. The number of allylic oxidation sites excluding steroid dienone is 1. The van der Waals surface area contributed by atoms with Gasteiger partial charge in [-0.05, 0) is 83.9 Å². The molecule has 0 bridgehead atoms. The number of nitrogens with one attached hydrogen (secondary N) is 1. The number of aromatic nitrogens is 3. The Bertz CT molecular complexity index is 1320. The number of halogens is 2. The van der Waals surface area contributed by atoms with Crippen molar-refractivity contribution in [3.63, 3.8) is 0 Å². The van der Waals surface area contributed by atoms with Gasteiger partial charge in [-0.25, -0.2) is 9.48 Å². The fourth-order valence-corrected chi connectivity index (χ4v) is 5.67. The van der Waals surface area contributed by atoms with E-state index in [9.17, 15) is 4.79 Å². The van der Waals surface area contributed by atoms with Gasteiger partial charge < -0.3 is 19.5 Å². The van der Waals surface area contributed by atoms with E-state index in [2.05, 4.69) is 47.3 Å². The van der Waals surface area contributed by atoms with Gasteiger partial charge in [0.2, 0.25) is 5.95 Å². The van der Waals surface area contributed by atoms with Gasteiger partial charge in [0.05, 0.1) is 17.2 Å². The van der Waals surface area contributed by atoms with Crippen LogP contribution in [0.3, 0.4) is 0 Å². The van der Waals surface area contributed by atoms with Gasteiger partial charge in [-0.3, -0.25) is 0 Å². The standard InChI is InChI=1S/C27H28Br2N4O4/c1-16-23(26(34)37-20-6-4-3-5-7-20)24(33-27(32-16)30-15-31-33)18-12-21(29)25(22(13-18)35-2)36-14-17-8-10-19(28)11-9-17/h8-13,15,20,24H,3-7,14H2,1-2H3,(H,30,31,32). The van der Waals surface area contributed by atoms with Crippen molar-refractivity contribution in [1.82, 2.24) is 14.8 Å². The summed E-state index contributed by atoms with van der Waals surface area (Å²) in [6, 6.07) is 11.2. The second-order valence-corrected chi connectivity index (χ2v) is 11.0. The predicted octanol–water partition coefficient (Wildman–Crippen LogP) is 6.56. The Balaban J connectivity index is 1.47. The number of anilines is 1. The van der Waals surface area contributed by atoms with E-state index in [0.717, 1.165) is 41.3 Å². The molecule has 0 amide bonds. The first-order valence-corrected chi connectivity index (χ1v) is 13.9. The van der Waals surface area contributed by atoms with Crippen molar-refractivity contribution in [2.24, 2.45) is 0 Å². The van der Waals surface area contributed by atoms with E-state index in [4.69, 9.17) is 14.2 Å². The monoisotopic (exact) mass is 630 g/mol. The summed E-state index contributed by atoms with van der Waals surface area (Å²) in [6.45, 7) is 2.24. The fraction of sp³-hybridized carbons (Fsp3) is 0.370. The molecular weight excluding hydrogens is 604 g/mol. The van der Waals surface area contributed by atoms with Gasteiger partial charge in [0.25, 0.3) is 0 Å². The lowest BCUT2D eigenvalue weighted by Crippen LogP contribution is -2.32. The Morgan fingerprint density at radius 2 is 1.89 bits per heavy atom. The number of rotatable bonds is 7. The smallest absolute Gasteiger partial charge is 0.338 e. The quantitative estimate of drug-likeness (QED) is 0.296. The number of nitrogens with zero attached hydrogens (tertiary/aromatic N) is 3. The van der Waals surface area contributed by atoms with Crippen molar-refractivity contribution in [3.8, 4) is 11.5 Å². The van der Waals surface area contributed by atoms with Crippen molar-refractivity contribution in [2.75, 3.05) is 12.4 Å². The lowest BCUT2D eigenvalue weighted by atomic mass is 9.94. The molecule has 1 N–H and O–H groups in total. The second-order valence-electron chi connectivity index (χ2n) is 9.21. The van der Waals surface area contributed by atoms with E-state index < -0.39 is 6.04 Å². The first kappa shape index (κ1) is 25.8. The molecule has 3 aromatic rings. The van der Waals surface area contributed by atoms with Crippen molar-refractivity contribution in [3.05, 3.63) is 74.1 Å². The Morgan fingerprint density at radius 3 is 2.62 bits per heavy atom. The topological polar surface area (TPSA) is 87.5 Å². The lowest BCUT2D eigenvalue weighted by Gasteiger charge is -2.30. The van der Waals surface area contributed by atoms with Crippen LogP contribution in [0.15, 0.2) is 62.9 Å². The van der Waals surface area contributed by atoms with Gasteiger partial charge >= 0.3 is 5.97 Å². The zero-order chi connectivity index (χ0) is 25.9. The summed E-state index contributed by atoms with van der Waals surface area (Å²) >= 11 is 7.12. The number of methoxy groups -OCH3 is 1. The summed E-state index contributed by atoms with van der Waals surface area (Å²) in [5.74, 6) is 1.34. The maximum absolute atomic E-state index is 13.5. The van der Waals surface area contributed by atoms with Gasteiger partial charge in [-0.2, -0.15) is 10.1 Å². The van der Waals surface area contributed by atoms with Crippen molar-refractivity contribution in [2.45, 2.75) is 57.8 Å². The van der Waals surface area contributed by atoms with Crippen molar-refractivity contribution in [1.29, 1.82) is 0 Å². The highest BCUT2D eigenvalue weighted by atomic mass is 79.9. The highest BCUT2D eigenvalue weighted by Crippen LogP contribution is 2.43. The molecule has 2 aliphatic rings. The number of carbonyl (C=O) groups is 1. The first-order valence-electron chi connectivity index (χ1n) is 12.3. The Morgan fingerprint density at radius 1 is 1.14 bits per heavy atom. The number of benzene rings is 2. The normalized spacial score (nSPS) is 17.7. The van der Waals surface area contributed by atoms with Crippen LogP contribution in [0.25, 0.3) is 0 Å². The average molecular weight is 632 g/mol. The van der Waals surface area contributed by atoms with Gasteiger partial charge in [-0.1, -0.05) is 34.5 Å². The molecule has 2 heterocycles. The number of hydrogen-bond acceptors (Lipinski definition) is 7. The number of ether oxygens (including phenoxy) is 3. The van der Waals surface area contributed by atoms with E-state index in [0.29, 0.717) is 39.8 Å². The number of esters is 1. The molecule has 0 radical (unpaired) electrons. The molecule has 8 nitrogen and oxygen atoms in total. The van der Waals surface area contributed by atoms with Crippen LogP contribution in [0.2, 0.25) is 0 Å². The van der Waals surface area contributed by atoms with Gasteiger partial charge in [-0.15, -0.1) is 0 Å². The van der Waals surface area contributed by atoms with E-state index in [1.165, 1.54) is 12.7 Å². The molecule has 10 heteroatoms. The van der Waals surface area contributed by atoms with E-state index in [1.807, 2.05) is 43.3 Å². The molecular formula is C27H28Br2N4O4. The SMILES string of the molecule is COc1cc(C2C(C(=O)OC3CCCCC3)=C(C)Nc3ncnn32)cc(Br)c1OCc1ccc(Br)cc1. The average Bonchev–Trinajstić information content (AvgIpc) is 3.36. The van der Waals surface area contributed by atoms with Crippen LogP contribution in [0, 0.1) is 0 Å². The lowest BCUT2D eigenvalue weighted by molar-refractivity contribution is -0.146. The van der Waals surface area contributed by atoms with Crippen LogP contribution in [0.5, 0.6) is 11.5 Å². The molecule has 1 atom stereocenters. The number of fused-ring (bicyclic) bond motifs is 1. The van der Waals surface area contributed by atoms with Gasteiger partial charge in [0, 0.05) is 10.2 Å². The first-order chi connectivity index (χ1) is 17.9.